The van der Waals surface area contributed by atoms with Gasteiger partial charge in [-0.1, -0.05) is 30.3 Å². The SMILES string of the molecule is O=C(Cn1nc2c3cc(-c4ccccc4)nn3ccn2c1=O)Nc1ccc2c(c1)OCCO2. The summed E-state index contributed by atoms with van der Waals surface area (Å²) >= 11 is 0. The highest BCUT2D eigenvalue weighted by Crippen LogP contribution is 2.32. The fourth-order valence-electron chi connectivity index (χ4n) is 3.84. The Hall–Kier alpha value is -4.60. The zero-order valence-electron chi connectivity index (χ0n) is 17.3. The van der Waals surface area contributed by atoms with Gasteiger partial charge in [0.1, 0.15) is 25.3 Å². The molecule has 10 heteroatoms. The summed E-state index contributed by atoms with van der Waals surface area (Å²) in [6.07, 6.45) is 3.28. The normalized spacial score (nSPS) is 12.8. The molecule has 1 amide bonds. The van der Waals surface area contributed by atoms with E-state index >= 15 is 0 Å². The predicted molar refractivity (Wildman–Crippen MR) is 120 cm³/mol. The molecule has 4 heterocycles. The number of nitrogens with one attached hydrogen (secondary N) is 1. The first kappa shape index (κ1) is 19.1. The van der Waals surface area contributed by atoms with Crippen molar-refractivity contribution in [2.45, 2.75) is 6.54 Å². The molecule has 0 saturated carbocycles. The summed E-state index contributed by atoms with van der Waals surface area (Å²) < 4.78 is 15.2. The Morgan fingerprint density at radius 1 is 0.970 bits per heavy atom. The van der Waals surface area contributed by atoms with Crippen molar-refractivity contribution in [1.29, 1.82) is 0 Å². The van der Waals surface area contributed by atoms with E-state index in [-0.39, 0.29) is 12.5 Å². The minimum absolute atomic E-state index is 0.235. The van der Waals surface area contributed by atoms with E-state index in [9.17, 15) is 9.59 Å². The Kier molecular flexibility index (Phi) is 4.35. The molecule has 10 nitrogen and oxygen atoms in total. The molecule has 3 aromatic heterocycles. The first-order valence-corrected chi connectivity index (χ1v) is 10.4. The van der Waals surface area contributed by atoms with Crippen LogP contribution in [0.5, 0.6) is 11.5 Å². The van der Waals surface area contributed by atoms with Crippen molar-refractivity contribution in [2.24, 2.45) is 0 Å². The lowest BCUT2D eigenvalue weighted by molar-refractivity contribution is -0.117. The third kappa shape index (κ3) is 3.37. The summed E-state index contributed by atoms with van der Waals surface area (Å²) in [5.74, 6) is 0.823. The van der Waals surface area contributed by atoms with E-state index in [1.165, 1.54) is 4.40 Å². The monoisotopic (exact) mass is 442 g/mol. The van der Waals surface area contributed by atoms with Gasteiger partial charge in [-0.3, -0.25) is 4.79 Å². The topological polar surface area (TPSA) is 104 Å². The zero-order valence-corrected chi connectivity index (χ0v) is 17.3. The van der Waals surface area contributed by atoms with Gasteiger partial charge in [0.2, 0.25) is 5.91 Å². The van der Waals surface area contributed by atoms with Crippen molar-refractivity contribution in [3.8, 4) is 22.8 Å². The van der Waals surface area contributed by atoms with Crippen molar-refractivity contribution in [1.82, 2.24) is 23.8 Å². The van der Waals surface area contributed by atoms with Crippen LogP contribution in [0.15, 0.2) is 71.8 Å². The molecule has 0 bridgehead atoms. The third-order valence-corrected chi connectivity index (χ3v) is 5.38. The van der Waals surface area contributed by atoms with E-state index < -0.39 is 5.69 Å². The van der Waals surface area contributed by atoms with E-state index in [2.05, 4.69) is 15.5 Å². The molecule has 1 aliphatic rings. The molecule has 5 aromatic rings. The quantitative estimate of drug-likeness (QED) is 0.458. The van der Waals surface area contributed by atoms with Crippen LogP contribution in [0.4, 0.5) is 5.69 Å². The van der Waals surface area contributed by atoms with Gasteiger partial charge in [-0.25, -0.2) is 18.4 Å². The molecule has 0 fully saturated rings. The fraction of sp³-hybridized carbons (Fsp3) is 0.130. The van der Waals surface area contributed by atoms with E-state index in [1.807, 2.05) is 36.4 Å². The predicted octanol–water partition coefficient (Wildman–Crippen LogP) is 2.22. The molecule has 0 radical (unpaired) electrons. The number of fused-ring (bicyclic) bond motifs is 4. The van der Waals surface area contributed by atoms with Crippen molar-refractivity contribution >= 4 is 22.8 Å². The van der Waals surface area contributed by atoms with Crippen LogP contribution < -0.4 is 20.5 Å². The van der Waals surface area contributed by atoms with Gasteiger partial charge in [0, 0.05) is 29.7 Å². The van der Waals surface area contributed by atoms with E-state index in [1.54, 1.807) is 35.1 Å². The number of aromatic nitrogens is 5. The van der Waals surface area contributed by atoms with Crippen LogP contribution in [0.1, 0.15) is 0 Å². The average molecular weight is 442 g/mol. The number of rotatable bonds is 4. The molecule has 2 aromatic carbocycles. The van der Waals surface area contributed by atoms with Crippen LogP contribution in [0.2, 0.25) is 0 Å². The van der Waals surface area contributed by atoms with Gasteiger partial charge in [-0.15, -0.1) is 5.10 Å². The Morgan fingerprint density at radius 2 is 1.79 bits per heavy atom. The van der Waals surface area contributed by atoms with Gasteiger partial charge in [0.15, 0.2) is 17.1 Å². The Bertz CT molecular complexity index is 1570. The van der Waals surface area contributed by atoms with Crippen molar-refractivity contribution in [3.05, 3.63) is 77.5 Å². The van der Waals surface area contributed by atoms with Gasteiger partial charge < -0.3 is 14.8 Å². The van der Waals surface area contributed by atoms with Crippen molar-refractivity contribution < 1.29 is 14.3 Å². The van der Waals surface area contributed by atoms with Crippen LogP contribution in [0.25, 0.3) is 22.4 Å². The molecule has 0 aliphatic carbocycles. The maximum absolute atomic E-state index is 12.8. The molecule has 33 heavy (non-hydrogen) atoms. The molecule has 164 valence electrons. The maximum atomic E-state index is 12.8. The highest BCUT2D eigenvalue weighted by Gasteiger charge is 2.17. The van der Waals surface area contributed by atoms with E-state index in [0.717, 1.165) is 15.9 Å². The van der Waals surface area contributed by atoms with Gasteiger partial charge in [-0.2, -0.15) is 5.10 Å². The number of nitrogens with zero attached hydrogens (tertiary/aromatic N) is 5. The Labute approximate surface area is 186 Å². The third-order valence-electron chi connectivity index (χ3n) is 5.38. The number of hydrogen-bond acceptors (Lipinski definition) is 6. The summed E-state index contributed by atoms with van der Waals surface area (Å²) in [5, 5.41) is 11.7. The molecule has 6 rings (SSSR count). The largest absolute Gasteiger partial charge is 0.486 e. The minimum Gasteiger partial charge on any atom is -0.486 e. The summed E-state index contributed by atoms with van der Waals surface area (Å²) in [6.45, 7) is 0.712. The van der Waals surface area contributed by atoms with E-state index in [4.69, 9.17) is 9.47 Å². The minimum atomic E-state index is -0.410. The molecule has 1 N–H and O–H groups in total. The van der Waals surface area contributed by atoms with Gasteiger partial charge in [-0.05, 0) is 18.2 Å². The fourth-order valence-corrected chi connectivity index (χ4v) is 3.84. The number of amides is 1. The number of anilines is 1. The van der Waals surface area contributed by atoms with Crippen LogP contribution in [-0.2, 0) is 11.3 Å². The van der Waals surface area contributed by atoms with Gasteiger partial charge >= 0.3 is 5.69 Å². The summed E-state index contributed by atoms with van der Waals surface area (Å²) in [4.78, 5) is 25.5. The second-order valence-corrected chi connectivity index (χ2v) is 7.56. The highest BCUT2D eigenvalue weighted by atomic mass is 16.6. The standard InChI is InChI=1S/C23H18N6O4/c30-21(24-16-6-7-19-20(12-16)33-11-10-32-19)14-29-23(31)27-8-9-28-18(22(27)26-29)13-17(25-28)15-4-2-1-3-5-15/h1-9,12-13H,10-11,14H2,(H,24,30). The van der Waals surface area contributed by atoms with E-state index in [0.29, 0.717) is 41.6 Å². The Morgan fingerprint density at radius 3 is 2.64 bits per heavy atom. The first-order valence-electron chi connectivity index (χ1n) is 10.4. The maximum Gasteiger partial charge on any atom is 0.350 e. The van der Waals surface area contributed by atoms with Gasteiger partial charge in [0.25, 0.3) is 0 Å². The highest BCUT2D eigenvalue weighted by molar-refractivity contribution is 5.91. The molecule has 0 unspecified atom stereocenters. The number of hydrogen-bond donors (Lipinski definition) is 1. The van der Waals surface area contributed by atoms with Gasteiger partial charge in [0.05, 0.1) is 5.69 Å². The van der Waals surface area contributed by atoms with Crippen LogP contribution >= 0.6 is 0 Å². The van der Waals surface area contributed by atoms with Crippen LogP contribution in [0.3, 0.4) is 0 Å². The lowest BCUT2D eigenvalue weighted by Gasteiger charge is -2.18. The zero-order chi connectivity index (χ0) is 22.4. The number of carbonyl (C=O) groups excluding carboxylic acids is 1. The van der Waals surface area contributed by atoms with Crippen LogP contribution in [0, 0.1) is 0 Å². The van der Waals surface area contributed by atoms with Crippen molar-refractivity contribution in [3.63, 3.8) is 0 Å². The summed E-state index contributed by atoms with van der Waals surface area (Å²) in [6, 6.07) is 16.8. The molecule has 0 saturated heterocycles. The molecule has 0 atom stereocenters. The summed E-state index contributed by atoms with van der Waals surface area (Å²) in [5.41, 5.74) is 2.95. The second kappa shape index (κ2) is 7.52. The lowest BCUT2D eigenvalue weighted by Crippen LogP contribution is -2.28. The van der Waals surface area contributed by atoms with Crippen molar-refractivity contribution in [2.75, 3.05) is 18.5 Å². The number of benzene rings is 2. The number of ether oxygens (including phenoxy) is 2. The molecule has 0 spiro atoms. The molecular weight excluding hydrogens is 424 g/mol. The number of carbonyl (C=O) groups is 1. The van der Waals surface area contributed by atoms with Crippen LogP contribution in [-0.4, -0.2) is 42.9 Å². The smallest absolute Gasteiger partial charge is 0.350 e. The Balaban J connectivity index is 1.29. The lowest BCUT2D eigenvalue weighted by atomic mass is 10.1. The average Bonchev–Trinajstić information content (AvgIpc) is 3.41. The second-order valence-electron chi connectivity index (χ2n) is 7.56. The summed E-state index contributed by atoms with van der Waals surface area (Å²) in [7, 11) is 0. The molecular formula is C23H18N6O4. The molecule has 1 aliphatic heterocycles. The first-order chi connectivity index (χ1) is 16.2.